The van der Waals surface area contributed by atoms with Gasteiger partial charge in [0.05, 0.1) is 5.69 Å². The van der Waals surface area contributed by atoms with E-state index in [4.69, 9.17) is 4.74 Å². The Bertz CT molecular complexity index is 676. The number of nitrogens with zero attached hydrogens (tertiary/aromatic N) is 3. The number of piperidine rings is 2. The summed E-state index contributed by atoms with van der Waals surface area (Å²) in [7, 11) is 0. The Morgan fingerprint density at radius 2 is 2.04 bits per heavy atom. The van der Waals surface area contributed by atoms with Crippen LogP contribution in [0.2, 0.25) is 0 Å². The molecule has 120 valence electrons. The van der Waals surface area contributed by atoms with Gasteiger partial charge in [-0.1, -0.05) is 12.1 Å². The molecule has 4 nitrogen and oxygen atoms in total. The van der Waals surface area contributed by atoms with Crippen LogP contribution in [0.25, 0.3) is 11.3 Å². The van der Waals surface area contributed by atoms with Gasteiger partial charge >= 0.3 is 0 Å². The molecular weight excluding hydrogens is 293 g/mol. The van der Waals surface area contributed by atoms with Gasteiger partial charge in [-0.15, -0.1) is 10.2 Å². The predicted octanol–water partition coefficient (Wildman–Crippen LogP) is 3.15. The van der Waals surface area contributed by atoms with Crippen molar-refractivity contribution in [3.63, 3.8) is 0 Å². The molecule has 4 rings (SSSR count). The third-order valence-corrected chi connectivity index (χ3v) is 4.83. The highest BCUT2D eigenvalue weighted by atomic mass is 19.1. The van der Waals surface area contributed by atoms with Crippen molar-refractivity contribution in [1.82, 2.24) is 15.1 Å². The average Bonchev–Trinajstić information content (AvgIpc) is 2.59. The average molecular weight is 313 g/mol. The molecule has 5 heteroatoms. The van der Waals surface area contributed by atoms with Crippen LogP contribution < -0.4 is 4.74 Å². The SMILES string of the molecule is Fc1cccc(-c2ccc(O[C@H]3CCN4CCC[C@H]3C4)nn2)c1. The van der Waals surface area contributed by atoms with Crippen molar-refractivity contribution in [2.45, 2.75) is 25.4 Å². The van der Waals surface area contributed by atoms with Gasteiger partial charge in [0, 0.05) is 30.6 Å². The maximum absolute atomic E-state index is 13.3. The lowest BCUT2D eigenvalue weighted by Gasteiger charge is -2.42. The van der Waals surface area contributed by atoms with Crippen LogP contribution in [0.3, 0.4) is 0 Å². The summed E-state index contributed by atoms with van der Waals surface area (Å²) in [4.78, 5) is 2.52. The monoisotopic (exact) mass is 313 g/mol. The van der Waals surface area contributed by atoms with E-state index >= 15 is 0 Å². The van der Waals surface area contributed by atoms with E-state index in [-0.39, 0.29) is 11.9 Å². The summed E-state index contributed by atoms with van der Waals surface area (Å²) in [6.07, 6.45) is 3.78. The van der Waals surface area contributed by atoms with E-state index in [0.29, 0.717) is 17.5 Å². The predicted molar refractivity (Wildman–Crippen MR) is 85.6 cm³/mol. The van der Waals surface area contributed by atoms with Gasteiger partial charge in [-0.3, -0.25) is 0 Å². The summed E-state index contributed by atoms with van der Waals surface area (Å²) in [5.74, 6) is 0.894. The number of hydrogen-bond donors (Lipinski definition) is 0. The van der Waals surface area contributed by atoms with Crippen LogP contribution in [0.4, 0.5) is 4.39 Å². The van der Waals surface area contributed by atoms with E-state index < -0.39 is 0 Å². The number of aromatic nitrogens is 2. The second kappa shape index (κ2) is 6.24. The van der Waals surface area contributed by atoms with Crippen molar-refractivity contribution >= 4 is 0 Å². The van der Waals surface area contributed by atoms with Crippen LogP contribution in [0.1, 0.15) is 19.3 Å². The van der Waals surface area contributed by atoms with E-state index in [1.165, 1.54) is 31.5 Å². The maximum atomic E-state index is 13.3. The molecule has 0 saturated carbocycles. The smallest absolute Gasteiger partial charge is 0.233 e. The maximum Gasteiger partial charge on any atom is 0.233 e. The van der Waals surface area contributed by atoms with Gasteiger partial charge in [0.2, 0.25) is 5.88 Å². The molecule has 2 aliphatic rings. The fourth-order valence-corrected chi connectivity index (χ4v) is 3.64. The molecule has 0 aliphatic carbocycles. The molecule has 2 aromatic rings. The number of fused-ring (bicyclic) bond motifs is 2. The molecule has 0 radical (unpaired) electrons. The Morgan fingerprint density at radius 3 is 2.87 bits per heavy atom. The van der Waals surface area contributed by atoms with Crippen LogP contribution >= 0.6 is 0 Å². The molecule has 0 N–H and O–H groups in total. The minimum atomic E-state index is -0.270. The van der Waals surface area contributed by atoms with Gasteiger partial charge in [-0.2, -0.15) is 0 Å². The Kier molecular flexibility index (Phi) is 3.95. The topological polar surface area (TPSA) is 38.2 Å². The van der Waals surface area contributed by atoms with Crippen molar-refractivity contribution < 1.29 is 9.13 Å². The zero-order valence-electron chi connectivity index (χ0n) is 13.0. The summed E-state index contributed by atoms with van der Waals surface area (Å²) in [5.41, 5.74) is 1.38. The van der Waals surface area contributed by atoms with Gasteiger partial charge in [0.1, 0.15) is 11.9 Å². The summed E-state index contributed by atoms with van der Waals surface area (Å²) in [6.45, 7) is 3.47. The second-order valence-corrected chi connectivity index (χ2v) is 6.42. The Hall–Kier alpha value is -2.01. The first kappa shape index (κ1) is 14.6. The number of rotatable bonds is 3. The molecular formula is C18H20FN3O. The van der Waals surface area contributed by atoms with Gasteiger partial charge < -0.3 is 9.64 Å². The minimum absolute atomic E-state index is 0.237. The molecule has 3 heterocycles. The van der Waals surface area contributed by atoms with Crippen LogP contribution in [-0.2, 0) is 0 Å². The van der Waals surface area contributed by atoms with Crippen molar-refractivity contribution in [1.29, 1.82) is 0 Å². The van der Waals surface area contributed by atoms with Crippen LogP contribution in [0.5, 0.6) is 5.88 Å². The molecule has 2 bridgehead atoms. The van der Waals surface area contributed by atoms with E-state index in [1.54, 1.807) is 6.07 Å². The molecule has 0 spiro atoms. The first-order valence-corrected chi connectivity index (χ1v) is 8.26. The highest BCUT2D eigenvalue weighted by molar-refractivity contribution is 5.58. The standard InChI is InChI=1S/C18H20FN3O/c19-15-5-1-3-13(11-15)16-6-7-18(21-20-16)23-17-8-10-22-9-2-4-14(17)12-22/h1,3,5-7,11,14,17H,2,4,8-10,12H2/t14-,17-/m0/s1. The summed E-state index contributed by atoms with van der Waals surface area (Å²) in [5, 5.41) is 8.36. The van der Waals surface area contributed by atoms with Crippen LogP contribution in [0, 0.1) is 11.7 Å². The lowest BCUT2D eigenvalue weighted by atomic mass is 9.87. The van der Waals surface area contributed by atoms with E-state index in [1.807, 2.05) is 18.2 Å². The van der Waals surface area contributed by atoms with Crippen LogP contribution in [-0.4, -0.2) is 40.8 Å². The van der Waals surface area contributed by atoms with Gasteiger partial charge in [-0.25, -0.2) is 4.39 Å². The van der Waals surface area contributed by atoms with Gasteiger partial charge in [0.25, 0.3) is 0 Å². The molecule has 23 heavy (non-hydrogen) atoms. The fourth-order valence-electron chi connectivity index (χ4n) is 3.64. The molecule has 1 aromatic heterocycles. The Labute approximate surface area is 135 Å². The highest BCUT2D eigenvalue weighted by Gasteiger charge is 2.33. The van der Waals surface area contributed by atoms with Crippen molar-refractivity contribution in [3.05, 3.63) is 42.2 Å². The highest BCUT2D eigenvalue weighted by Crippen LogP contribution is 2.29. The number of ether oxygens (including phenoxy) is 1. The Balaban J connectivity index is 1.46. The van der Waals surface area contributed by atoms with Crippen LogP contribution in [0.15, 0.2) is 36.4 Å². The van der Waals surface area contributed by atoms with Gasteiger partial charge in [-0.05, 0) is 44.0 Å². The summed E-state index contributed by atoms with van der Waals surface area (Å²) < 4.78 is 19.4. The van der Waals surface area contributed by atoms with Crippen molar-refractivity contribution in [2.24, 2.45) is 5.92 Å². The molecule has 2 fully saturated rings. The fraction of sp³-hybridized carbons (Fsp3) is 0.444. The summed E-state index contributed by atoms with van der Waals surface area (Å²) >= 11 is 0. The molecule has 1 aromatic carbocycles. The van der Waals surface area contributed by atoms with E-state index in [0.717, 1.165) is 25.1 Å². The first-order chi connectivity index (χ1) is 11.3. The quantitative estimate of drug-likeness (QED) is 0.872. The number of benzene rings is 1. The lowest BCUT2D eigenvalue weighted by molar-refractivity contribution is 0.0123. The number of hydrogen-bond acceptors (Lipinski definition) is 4. The lowest BCUT2D eigenvalue weighted by Crippen LogP contribution is -2.49. The van der Waals surface area contributed by atoms with E-state index in [2.05, 4.69) is 15.1 Å². The normalized spacial score (nSPS) is 26.7. The summed E-state index contributed by atoms with van der Waals surface area (Å²) in [6, 6.07) is 10.1. The molecule has 2 saturated heterocycles. The first-order valence-electron chi connectivity index (χ1n) is 8.26. The third-order valence-electron chi connectivity index (χ3n) is 4.83. The molecule has 3 atom stereocenters. The largest absolute Gasteiger partial charge is 0.473 e. The molecule has 1 unspecified atom stereocenters. The molecule has 2 aliphatic heterocycles. The van der Waals surface area contributed by atoms with E-state index in [9.17, 15) is 4.39 Å². The Morgan fingerprint density at radius 1 is 1.09 bits per heavy atom. The third kappa shape index (κ3) is 3.20. The zero-order valence-corrected chi connectivity index (χ0v) is 13.0. The molecule has 0 amide bonds. The number of halogens is 1. The zero-order chi connectivity index (χ0) is 15.6. The second-order valence-electron chi connectivity index (χ2n) is 6.42. The minimum Gasteiger partial charge on any atom is -0.473 e. The van der Waals surface area contributed by atoms with Crippen molar-refractivity contribution in [2.75, 3.05) is 19.6 Å². The van der Waals surface area contributed by atoms with Gasteiger partial charge in [0.15, 0.2) is 0 Å². The van der Waals surface area contributed by atoms with Crippen molar-refractivity contribution in [3.8, 4) is 17.1 Å².